The fraction of sp³-hybridized carbons (Fsp3) is 0.174. The van der Waals surface area contributed by atoms with Crippen molar-refractivity contribution >= 4 is 35.3 Å². The first-order valence-corrected chi connectivity index (χ1v) is 9.58. The topological polar surface area (TPSA) is 91.5 Å². The third-order valence-electron chi connectivity index (χ3n) is 4.29. The van der Waals surface area contributed by atoms with Crippen LogP contribution in [0.3, 0.4) is 0 Å². The van der Waals surface area contributed by atoms with Gasteiger partial charge in [0, 0.05) is 36.7 Å². The Morgan fingerprint density at radius 2 is 1.83 bits per heavy atom. The number of urea groups is 1. The lowest BCUT2D eigenvalue weighted by atomic mass is 10.2. The number of benzene rings is 2. The van der Waals surface area contributed by atoms with Gasteiger partial charge in [-0.2, -0.15) is 0 Å². The van der Waals surface area contributed by atoms with E-state index >= 15 is 0 Å². The molecule has 0 unspecified atom stereocenters. The van der Waals surface area contributed by atoms with Crippen molar-refractivity contribution in [1.82, 2.24) is 4.98 Å². The van der Waals surface area contributed by atoms with E-state index in [0.29, 0.717) is 18.1 Å². The minimum absolute atomic E-state index is 0.311. The number of amides is 2. The zero-order valence-electron chi connectivity index (χ0n) is 17.3. The summed E-state index contributed by atoms with van der Waals surface area (Å²) in [6.07, 6.45) is 7.82. The largest absolute Gasteiger partial charge is 0.428 e. The first kappa shape index (κ1) is 20.9. The van der Waals surface area contributed by atoms with Crippen molar-refractivity contribution in [3.8, 4) is 0 Å². The van der Waals surface area contributed by atoms with Gasteiger partial charge in [-0.05, 0) is 49.8 Å². The second kappa shape index (κ2) is 10.1. The predicted octanol–water partition coefficient (Wildman–Crippen LogP) is 5.48. The predicted molar refractivity (Wildman–Crippen MR) is 122 cm³/mol. The molecule has 3 N–H and O–H groups in total. The Bertz CT molecular complexity index is 1050. The summed E-state index contributed by atoms with van der Waals surface area (Å²) in [5.41, 5.74) is 4.32. The van der Waals surface area contributed by atoms with Crippen LogP contribution < -0.4 is 16.0 Å². The van der Waals surface area contributed by atoms with Crippen LogP contribution in [-0.4, -0.2) is 24.3 Å². The van der Waals surface area contributed by atoms with Crippen molar-refractivity contribution in [3.05, 3.63) is 77.7 Å². The average molecular weight is 403 g/mol. The maximum atomic E-state index is 12.3. The van der Waals surface area contributed by atoms with Crippen LogP contribution in [0.1, 0.15) is 16.9 Å². The average Bonchev–Trinajstić information content (AvgIpc) is 3.17. The smallest absolute Gasteiger partial charge is 0.323 e. The van der Waals surface area contributed by atoms with E-state index in [1.807, 2.05) is 68.5 Å². The van der Waals surface area contributed by atoms with Gasteiger partial charge >= 0.3 is 6.03 Å². The number of hydrogen-bond donors (Lipinski definition) is 3. The van der Waals surface area contributed by atoms with Crippen LogP contribution in [0, 0.1) is 13.8 Å². The van der Waals surface area contributed by atoms with Crippen LogP contribution in [0.25, 0.3) is 0 Å². The highest BCUT2D eigenvalue weighted by molar-refractivity contribution is 6.00. The molecule has 3 rings (SSSR count). The molecule has 0 bridgehead atoms. The highest BCUT2D eigenvalue weighted by Crippen LogP contribution is 2.24. The lowest BCUT2D eigenvalue weighted by Crippen LogP contribution is -2.19. The van der Waals surface area contributed by atoms with Gasteiger partial charge in [0.15, 0.2) is 0 Å². The Kier molecular flexibility index (Phi) is 7.00. The van der Waals surface area contributed by atoms with E-state index < -0.39 is 0 Å². The third-order valence-corrected chi connectivity index (χ3v) is 4.29. The van der Waals surface area contributed by atoms with E-state index in [-0.39, 0.29) is 6.03 Å². The fourth-order valence-corrected chi connectivity index (χ4v) is 2.67. The Hall–Kier alpha value is -3.87. The number of oxazole rings is 1. The number of allylic oxidation sites excluding steroid dienone is 2. The molecule has 30 heavy (non-hydrogen) atoms. The molecule has 0 saturated carbocycles. The number of nitrogens with zero attached hydrogens (tertiary/aromatic N) is 2. The summed E-state index contributed by atoms with van der Waals surface area (Å²) in [5.74, 6) is 0.739. The van der Waals surface area contributed by atoms with Crippen molar-refractivity contribution in [3.63, 3.8) is 0 Å². The zero-order chi connectivity index (χ0) is 21.3. The highest BCUT2D eigenvalue weighted by atomic mass is 16.4. The molecule has 2 aromatic carbocycles. The number of hydrogen-bond acceptors (Lipinski definition) is 5. The van der Waals surface area contributed by atoms with Crippen LogP contribution in [0.15, 0.2) is 70.2 Å². The molecule has 0 aliphatic carbocycles. The molecule has 0 spiro atoms. The van der Waals surface area contributed by atoms with Gasteiger partial charge in [-0.25, -0.2) is 9.78 Å². The summed E-state index contributed by atoms with van der Waals surface area (Å²) >= 11 is 0. The molecule has 154 valence electrons. The number of aromatic nitrogens is 1. The van der Waals surface area contributed by atoms with Crippen molar-refractivity contribution in [2.24, 2.45) is 4.99 Å². The normalized spacial score (nSPS) is 11.2. The van der Waals surface area contributed by atoms with Gasteiger partial charge in [-0.1, -0.05) is 29.8 Å². The standard InChI is InChI=1S/C23H25N5O2/c1-16-7-10-18(11-8-16)26-22(29)27-19-12-9-17(2)21(14-19)28-23-25-15-20(30-23)6-4-5-13-24-3/h4-5,7-15H,6H2,1-3H3,(H,25,28)(H2,26,27,29)/b5-4-,24-13?. The fourth-order valence-electron chi connectivity index (χ4n) is 2.67. The Morgan fingerprint density at radius 3 is 2.60 bits per heavy atom. The van der Waals surface area contributed by atoms with Gasteiger partial charge < -0.3 is 20.4 Å². The van der Waals surface area contributed by atoms with Crippen LogP contribution in [-0.2, 0) is 6.42 Å². The van der Waals surface area contributed by atoms with Gasteiger partial charge in [0.2, 0.25) is 0 Å². The van der Waals surface area contributed by atoms with Gasteiger partial charge in [0.25, 0.3) is 6.01 Å². The molecule has 0 aliphatic heterocycles. The summed E-state index contributed by atoms with van der Waals surface area (Å²) in [6, 6.07) is 13.3. The monoisotopic (exact) mass is 403 g/mol. The second-order valence-corrected chi connectivity index (χ2v) is 6.77. The van der Waals surface area contributed by atoms with Crippen LogP contribution in [0.2, 0.25) is 0 Å². The van der Waals surface area contributed by atoms with Crippen LogP contribution in [0.4, 0.5) is 27.9 Å². The van der Waals surface area contributed by atoms with Crippen molar-refractivity contribution in [2.45, 2.75) is 20.3 Å². The van der Waals surface area contributed by atoms with E-state index in [1.54, 1.807) is 19.5 Å². The molecule has 7 heteroatoms. The number of aryl methyl sites for hydroxylation is 2. The van der Waals surface area contributed by atoms with Gasteiger partial charge in [0.1, 0.15) is 5.76 Å². The molecule has 0 aliphatic rings. The summed E-state index contributed by atoms with van der Waals surface area (Å²) in [7, 11) is 1.72. The van der Waals surface area contributed by atoms with Crippen molar-refractivity contribution in [2.75, 3.05) is 23.0 Å². The lowest BCUT2D eigenvalue weighted by molar-refractivity contribution is 0.262. The van der Waals surface area contributed by atoms with Crippen molar-refractivity contribution in [1.29, 1.82) is 0 Å². The Labute approximate surface area is 175 Å². The van der Waals surface area contributed by atoms with E-state index in [9.17, 15) is 4.79 Å². The Morgan fingerprint density at radius 1 is 1.10 bits per heavy atom. The summed E-state index contributed by atoms with van der Waals surface area (Å²) < 4.78 is 5.71. The quantitative estimate of drug-likeness (QED) is 0.456. The molecular formula is C23H25N5O2. The van der Waals surface area contributed by atoms with E-state index in [1.165, 1.54) is 0 Å². The number of carbonyl (C=O) groups excluding carboxylic acids is 1. The van der Waals surface area contributed by atoms with E-state index in [4.69, 9.17) is 4.42 Å². The highest BCUT2D eigenvalue weighted by Gasteiger charge is 2.08. The first-order chi connectivity index (χ1) is 14.5. The molecule has 3 aromatic rings. The molecule has 1 heterocycles. The maximum Gasteiger partial charge on any atom is 0.323 e. The molecular weight excluding hydrogens is 378 g/mol. The molecule has 2 amide bonds. The summed E-state index contributed by atoms with van der Waals surface area (Å²) in [6.45, 7) is 3.97. The lowest BCUT2D eigenvalue weighted by Gasteiger charge is -2.11. The van der Waals surface area contributed by atoms with E-state index in [0.717, 1.165) is 28.3 Å². The molecule has 0 saturated heterocycles. The molecule has 7 nitrogen and oxygen atoms in total. The van der Waals surface area contributed by atoms with Gasteiger partial charge in [0.05, 0.1) is 6.20 Å². The third kappa shape index (κ3) is 6.07. The number of carbonyl (C=O) groups is 1. The molecule has 0 atom stereocenters. The number of anilines is 4. The number of nitrogens with one attached hydrogen (secondary N) is 3. The minimum Gasteiger partial charge on any atom is -0.428 e. The van der Waals surface area contributed by atoms with Crippen molar-refractivity contribution < 1.29 is 9.21 Å². The minimum atomic E-state index is -0.311. The Balaban J connectivity index is 1.63. The first-order valence-electron chi connectivity index (χ1n) is 9.58. The molecule has 0 radical (unpaired) electrons. The SMILES string of the molecule is CN=C/C=C\Cc1cnc(Nc2cc(NC(=O)Nc3ccc(C)cc3)ccc2C)o1. The molecule has 0 fully saturated rings. The number of rotatable bonds is 7. The van der Waals surface area contributed by atoms with E-state index in [2.05, 4.69) is 25.9 Å². The van der Waals surface area contributed by atoms with Crippen LogP contribution >= 0.6 is 0 Å². The van der Waals surface area contributed by atoms with Gasteiger partial charge in [-0.15, -0.1) is 0 Å². The zero-order valence-corrected chi connectivity index (χ0v) is 17.3. The van der Waals surface area contributed by atoms with Gasteiger partial charge in [-0.3, -0.25) is 4.99 Å². The number of aliphatic imine (C=N–C) groups is 1. The summed E-state index contributed by atoms with van der Waals surface area (Å²) in [5, 5.41) is 8.82. The van der Waals surface area contributed by atoms with Crippen LogP contribution in [0.5, 0.6) is 0 Å². The summed E-state index contributed by atoms with van der Waals surface area (Å²) in [4.78, 5) is 20.4. The second-order valence-electron chi connectivity index (χ2n) is 6.77. The molecule has 1 aromatic heterocycles. The maximum absolute atomic E-state index is 12.3.